The van der Waals surface area contributed by atoms with Gasteiger partial charge in [-0.1, -0.05) is 12.1 Å². The molecule has 0 saturated heterocycles. The minimum absolute atomic E-state index is 0. The molecule has 0 saturated carbocycles. The Labute approximate surface area is 69.6 Å². The molecule has 1 rings (SSSR count). The van der Waals surface area contributed by atoms with Crippen molar-refractivity contribution in [2.45, 2.75) is 0 Å². The van der Waals surface area contributed by atoms with E-state index in [2.05, 4.69) is 0 Å². The van der Waals surface area contributed by atoms with Gasteiger partial charge in [-0.25, -0.2) is 4.79 Å². The molecule has 4 heteroatoms. The second-order valence-electron chi connectivity index (χ2n) is 1.96. The van der Waals surface area contributed by atoms with Crippen molar-refractivity contribution in [3.63, 3.8) is 0 Å². The number of carbonyl (C=O) groups is 1. The normalized spacial score (nSPS) is 7.92. The van der Waals surface area contributed by atoms with Crippen LogP contribution in [0.3, 0.4) is 0 Å². The molecule has 0 atom stereocenters. The van der Waals surface area contributed by atoms with Crippen LogP contribution in [-0.4, -0.2) is 11.1 Å². The molecule has 12 heavy (non-hydrogen) atoms. The van der Waals surface area contributed by atoms with Crippen LogP contribution in [0.15, 0.2) is 24.3 Å². The molecule has 0 aliphatic rings. The van der Waals surface area contributed by atoms with Gasteiger partial charge in [-0.2, -0.15) is 5.26 Å². The maximum absolute atomic E-state index is 10.4. The van der Waals surface area contributed by atoms with Gasteiger partial charge < -0.3 is 11.3 Å². The van der Waals surface area contributed by atoms with Crippen LogP contribution in [-0.2, 0) is 0 Å². The molecule has 0 aromatic heterocycles. The molecule has 0 aliphatic heterocycles. The summed E-state index contributed by atoms with van der Waals surface area (Å²) in [6, 6.07) is 7.89. The topological polar surface area (TPSA) is 96.1 Å². The largest absolute Gasteiger partial charge is 0.478 e. The minimum atomic E-state index is -1.07. The van der Waals surface area contributed by atoms with Gasteiger partial charge in [0.05, 0.1) is 11.1 Å². The maximum atomic E-state index is 10.4. The summed E-state index contributed by atoms with van der Waals surface area (Å²) in [5.74, 6) is -1.07. The van der Waals surface area contributed by atoms with E-state index in [0.29, 0.717) is 0 Å². The predicted octanol–water partition coefficient (Wildman–Crippen LogP) is 1.42. The number of carboxylic acids is 1. The molecule has 0 aliphatic carbocycles. The lowest BCUT2D eigenvalue weighted by Crippen LogP contribution is -1.98. The zero-order chi connectivity index (χ0) is 8.27. The fourth-order valence-corrected chi connectivity index (χ4v) is 0.767. The number of nitrogens with zero attached hydrogens (tertiary/aromatic N) is 1. The fourth-order valence-electron chi connectivity index (χ4n) is 0.767. The van der Waals surface area contributed by atoms with E-state index in [1.807, 2.05) is 0 Å². The van der Waals surface area contributed by atoms with E-state index in [1.54, 1.807) is 18.2 Å². The van der Waals surface area contributed by atoms with Crippen LogP contribution in [0.2, 0.25) is 0 Å². The molecule has 62 valence electrons. The first-order valence-electron chi connectivity index (χ1n) is 2.98. The molecule has 0 heterocycles. The second-order valence-corrected chi connectivity index (χ2v) is 1.96. The molecule has 0 radical (unpaired) electrons. The molecule has 0 spiro atoms. The van der Waals surface area contributed by atoms with Crippen molar-refractivity contribution in [2.24, 2.45) is 0 Å². The Morgan fingerprint density at radius 3 is 2.42 bits per heavy atom. The highest BCUT2D eigenvalue weighted by atomic mass is 16.4. The van der Waals surface area contributed by atoms with Gasteiger partial charge >= 0.3 is 5.97 Å². The monoisotopic (exact) mass is 164 g/mol. The van der Waals surface area contributed by atoms with Gasteiger partial charge in [-0.3, -0.25) is 0 Å². The Hall–Kier alpha value is -1.86. The van der Waals surface area contributed by atoms with Gasteiger partial charge in [0.25, 0.3) is 0 Å². The van der Waals surface area contributed by atoms with Crippen LogP contribution in [0.5, 0.6) is 0 Å². The first kappa shape index (κ1) is 10.1. The van der Waals surface area contributed by atoms with E-state index in [4.69, 9.17) is 10.4 Å². The summed E-state index contributed by atoms with van der Waals surface area (Å²) in [5, 5.41) is 17.0. The Balaban J connectivity index is 0.00000121. The third-order valence-corrected chi connectivity index (χ3v) is 1.28. The third kappa shape index (κ3) is 1.81. The quantitative estimate of drug-likeness (QED) is 0.655. The van der Waals surface area contributed by atoms with Crippen molar-refractivity contribution >= 4 is 5.97 Å². The number of nitriles is 1. The first-order chi connectivity index (χ1) is 5.25. The lowest BCUT2D eigenvalue weighted by atomic mass is 10.1. The number of hydrogen-bond donors (Lipinski definition) is 2. The number of rotatable bonds is 1. The van der Waals surface area contributed by atoms with E-state index in [0.717, 1.165) is 0 Å². The number of benzene rings is 1. The Morgan fingerprint density at radius 2 is 2.00 bits per heavy atom. The third-order valence-electron chi connectivity index (χ3n) is 1.28. The summed E-state index contributed by atoms with van der Waals surface area (Å²) in [5.41, 5.74) is 0.245. The first-order valence-corrected chi connectivity index (χ1v) is 2.98. The molecule has 1 aromatic rings. The molecule has 4 nitrogen and oxygen atoms in total. The fraction of sp³-hybridized carbons (Fsp3) is 0. The van der Waals surface area contributed by atoms with E-state index >= 15 is 0 Å². The number of carboxylic acid groups (broad SMARTS) is 1. The highest BCUT2D eigenvalue weighted by Gasteiger charge is 2.06. The zero-order valence-corrected chi connectivity index (χ0v) is 6.32. The minimum Gasteiger partial charge on any atom is -0.478 e. The summed E-state index contributed by atoms with van der Waals surface area (Å²) in [6.45, 7) is 0. The smallest absolute Gasteiger partial charge is 0.337 e. The van der Waals surface area contributed by atoms with Crippen LogP contribution < -0.4 is 6.15 Å². The van der Waals surface area contributed by atoms with Gasteiger partial charge in [0.15, 0.2) is 0 Å². The van der Waals surface area contributed by atoms with Crippen LogP contribution in [0, 0.1) is 11.3 Å². The molecule has 0 fully saturated rings. The van der Waals surface area contributed by atoms with E-state index < -0.39 is 5.97 Å². The summed E-state index contributed by atoms with van der Waals surface area (Å²) in [6.07, 6.45) is 0. The standard InChI is InChI=1S/C8H5NO2.H3N/c9-5-6-3-1-2-4-7(6)8(10)11;/h1-4H,(H,10,11);1H3. The second kappa shape index (κ2) is 4.11. The number of aromatic carboxylic acids is 1. The molecule has 4 N–H and O–H groups in total. The Kier molecular flexibility index (Phi) is 3.47. The zero-order valence-electron chi connectivity index (χ0n) is 6.32. The summed E-state index contributed by atoms with van der Waals surface area (Å²) >= 11 is 0. The molecular formula is C8H8N2O2. The van der Waals surface area contributed by atoms with Crippen molar-refractivity contribution in [3.8, 4) is 6.07 Å². The molecule has 0 amide bonds. The molecular weight excluding hydrogens is 156 g/mol. The molecule has 1 aromatic carbocycles. The van der Waals surface area contributed by atoms with Gasteiger partial charge in [0.1, 0.15) is 6.07 Å². The Bertz CT molecular complexity index is 328. The molecule has 0 bridgehead atoms. The lowest BCUT2D eigenvalue weighted by Gasteiger charge is -1.94. The maximum Gasteiger partial charge on any atom is 0.337 e. The summed E-state index contributed by atoms with van der Waals surface area (Å²) in [7, 11) is 0. The van der Waals surface area contributed by atoms with Crippen LogP contribution in [0.1, 0.15) is 15.9 Å². The van der Waals surface area contributed by atoms with E-state index in [1.165, 1.54) is 12.1 Å². The van der Waals surface area contributed by atoms with E-state index in [-0.39, 0.29) is 17.3 Å². The average Bonchev–Trinajstić information content (AvgIpc) is 2.04. The Morgan fingerprint density at radius 1 is 1.42 bits per heavy atom. The average molecular weight is 164 g/mol. The highest BCUT2D eigenvalue weighted by molar-refractivity contribution is 5.90. The van der Waals surface area contributed by atoms with Crippen LogP contribution in [0.25, 0.3) is 0 Å². The SMILES string of the molecule is N.N#Cc1ccccc1C(=O)O. The lowest BCUT2D eigenvalue weighted by molar-refractivity contribution is 0.0696. The predicted molar refractivity (Wildman–Crippen MR) is 43.1 cm³/mol. The van der Waals surface area contributed by atoms with Gasteiger partial charge in [-0.15, -0.1) is 0 Å². The summed E-state index contributed by atoms with van der Waals surface area (Å²) < 4.78 is 0. The highest BCUT2D eigenvalue weighted by Crippen LogP contribution is 2.05. The van der Waals surface area contributed by atoms with Crippen molar-refractivity contribution in [2.75, 3.05) is 0 Å². The molecule has 0 unspecified atom stereocenters. The van der Waals surface area contributed by atoms with Crippen LogP contribution >= 0.6 is 0 Å². The van der Waals surface area contributed by atoms with Gasteiger partial charge in [-0.05, 0) is 12.1 Å². The van der Waals surface area contributed by atoms with Crippen molar-refractivity contribution in [1.82, 2.24) is 6.15 Å². The van der Waals surface area contributed by atoms with Crippen molar-refractivity contribution in [1.29, 1.82) is 5.26 Å². The van der Waals surface area contributed by atoms with Gasteiger partial charge in [0, 0.05) is 0 Å². The van der Waals surface area contributed by atoms with Crippen LogP contribution in [0.4, 0.5) is 0 Å². The van der Waals surface area contributed by atoms with Crippen molar-refractivity contribution in [3.05, 3.63) is 35.4 Å². The van der Waals surface area contributed by atoms with Crippen molar-refractivity contribution < 1.29 is 9.90 Å². The number of hydrogen-bond acceptors (Lipinski definition) is 3. The summed E-state index contributed by atoms with van der Waals surface area (Å²) in [4.78, 5) is 10.4. The van der Waals surface area contributed by atoms with Gasteiger partial charge in [0.2, 0.25) is 0 Å². The van der Waals surface area contributed by atoms with E-state index in [9.17, 15) is 4.79 Å².